The molecule has 0 aliphatic carbocycles. The van der Waals surface area contributed by atoms with E-state index in [0.29, 0.717) is 47.8 Å². The molecule has 2 heterocycles. The molecule has 8 nitrogen and oxygen atoms in total. The standard InChI is InChI=1S/C24H31N5O3/c1-4-17-8-9-19(21(30)13-17)23-16(3)20(14-25)24(28-27-23)26-18-7-6-11-29(15-18)12-10-22(31)32-5-2/h8-9,13,18,30H,4-7,10-12,15H2,1-3H3,(H,26,28)/t18-/m1/s1. The molecule has 32 heavy (non-hydrogen) atoms. The molecule has 0 radical (unpaired) electrons. The first-order valence-corrected chi connectivity index (χ1v) is 11.2. The van der Waals surface area contributed by atoms with E-state index in [1.54, 1.807) is 13.0 Å². The fourth-order valence-electron chi connectivity index (χ4n) is 4.06. The largest absolute Gasteiger partial charge is 0.507 e. The SMILES string of the molecule is CCOC(=O)CCN1CCC[C@@H](Nc2nnc(-c3ccc(CC)cc3O)c(C)c2C#N)C1. The predicted octanol–water partition coefficient (Wildman–Crippen LogP) is 3.42. The Balaban J connectivity index is 1.74. The number of aryl methyl sites for hydroxylation is 1. The van der Waals surface area contributed by atoms with Gasteiger partial charge in [-0.15, -0.1) is 10.2 Å². The van der Waals surface area contributed by atoms with Crippen molar-refractivity contribution in [3.05, 3.63) is 34.9 Å². The fourth-order valence-corrected chi connectivity index (χ4v) is 4.06. The molecular weight excluding hydrogens is 406 g/mol. The van der Waals surface area contributed by atoms with Crippen LogP contribution in [-0.2, 0) is 16.0 Å². The number of ether oxygens (including phenoxy) is 1. The van der Waals surface area contributed by atoms with Gasteiger partial charge in [0.05, 0.1) is 13.0 Å². The number of esters is 1. The van der Waals surface area contributed by atoms with Crippen molar-refractivity contribution in [2.75, 3.05) is 31.6 Å². The minimum absolute atomic E-state index is 0.106. The Hall–Kier alpha value is -3.18. The molecule has 0 amide bonds. The first kappa shape index (κ1) is 23.5. The summed E-state index contributed by atoms with van der Waals surface area (Å²) in [5, 5.41) is 32.3. The molecule has 3 rings (SSSR count). The van der Waals surface area contributed by atoms with Gasteiger partial charge in [-0.2, -0.15) is 5.26 Å². The van der Waals surface area contributed by atoms with Crippen LogP contribution >= 0.6 is 0 Å². The second-order valence-corrected chi connectivity index (χ2v) is 8.05. The van der Waals surface area contributed by atoms with Gasteiger partial charge in [-0.05, 0) is 62.9 Å². The molecule has 1 aliphatic rings. The third-order valence-electron chi connectivity index (χ3n) is 5.84. The zero-order valence-electron chi connectivity index (χ0n) is 19.0. The van der Waals surface area contributed by atoms with Crippen molar-refractivity contribution in [3.8, 4) is 23.1 Å². The maximum atomic E-state index is 11.7. The summed E-state index contributed by atoms with van der Waals surface area (Å²) >= 11 is 0. The number of nitriles is 1. The molecule has 2 aromatic rings. The average molecular weight is 438 g/mol. The highest BCUT2D eigenvalue weighted by Gasteiger charge is 2.23. The number of aromatic hydroxyl groups is 1. The number of carbonyl (C=O) groups is 1. The van der Waals surface area contributed by atoms with Crippen molar-refractivity contribution in [2.45, 2.75) is 52.5 Å². The fraction of sp³-hybridized carbons (Fsp3) is 0.500. The zero-order chi connectivity index (χ0) is 23.1. The molecule has 1 aliphatic heterocycles. The van der Waals surface area contributed by atoms with Gasteiger partial charge in [0.15, 0.2) is 5.82 Å². The normalized spacial score (nSPS) is 16.4. The molecule has 8 heteroatoms. The van der Waals surface area contributed by atoms with Gasteiger partial charge in [-0.25, -0.2) is 0 Å². The van der Waals surface area contributed by atoms with Gasteiger partial charge < -0.3 is 20.1 Å². The van der Waals surface area contributed by atoms with Gasteiger partial charge in [0, 0.05) is 24.7 Å². The van der Waals surface area contributed by atoms with Crippen LogP contribution in [0.1, 0.15) is 49.8 Å². The third kappa shape index (κ3) is 5.54. The van der Waals surface area contributed by atoms with E-state index in [0.717, 1.165) is 37.9 Å². The van der Waals surface area contributed by atoms with Crippen LogP contribution in [0.2, 0.25) is 0 Å². The lowest BCUT2D eigenvalue weighted by Crippen LogP contribution is -2.43. The summed E-state index contributed by atoms with van der Waals surface area (Å²) in [6, 6.07) is 7.85. The summed E-state index contributed by atoms with van der Waals surface area (Å²) in [7, 11) is 0. The lowest BCUT2D eigenvalue weighted by Gasteiger charge is -2.33. The number of carbonyl (C=O) groups excluding carboxylic acids is 1. The summed E-state index contributed by atoms with van der Waals surface area (Å²) in [5.74, 6) is 0.410. The number of nitrogens with one attached hydrogen (secondary N) is 1. The molecular formula is C24H31N5O3. The molecule has 1 atom stereocenters. The van der Waals surface area contributed by atoms with Crippen molar-refractivity contribution in [2.24, 2.45) is 0 Å². The van der Waals surface area contributed by atoms with E-state index >= 15 is 0 Å². The first-order chi connectivity index (χ1) is 15.5. The molecule has 0 saturated carbocycles. The number of phenols is 1. The van der Waals surface area contributed by atoms with E-state index in [-0.39, 0.29) is 17.8 Å². The van der Waals surface area contributed by atoms with Crippen LogP contribution in [0.4, 0.5) is 5.82 Å². The van der Waals surface area contributed by atoms with Crippen molar-refractivity contribution >= 4 is 11.8 Å². The molecule has 0 unspecified atom stereocenters. The predicted molar refractivity (Wildman–Crippen MR) is 122 cm³/mol. The second-order valence-electron chi connectivity index (χ2n) is 8.05. The van der Waals surface area contributed by atoms with Crippen LogP contribution in [-0.4, -0.2) is 58.5 Å². The van der Waals surface area contributed by atoms with Gasteiger partial charge in [-0.1, -0.05) is 13.0 Å². The number of piperidine rings is 1. The number of hydrogen-bond donors (Lipinski definition) is 2. The monoisotopic (exact) mass is 437 g/mol. The minimum atomic E-state index is -0.179. The number of benzene rings is 1. The first-order valence-electron chi connectivity index (χ1n) is 11.2. The van der Waals surface area contributed by atoms with E-state index in [9.17, 15) is 15.2 Å². The third-order valence-corrected chi connectivity index (χ3v) is 5.84. The number of likely N-dealkylation sites (tertiary alicyclic amines) is 1. The number of anilines is 1. The second kappa shape index (κ2) is 10.9. The molecule has 0 bridgehead atoms. The van der Waals surface area contributed by atoms with Crippen LogP contribution in [0, 0.1) is 18.3 Å². The Labute approximate surface area is 189 Å². The van der Waals surface area contributed by atoms with Crippen LogP contribution in [0.3, 0.4) is 0 Å². The zero-order valence-corrected chi connectivity index (χ0v) is 19.0. The Bertz CT molecular complexity index is 1000. The van der Waals surface area contributed by atoms with Gasteiger partial charge in [-0.3, -0.25) is 4.79 Å². The minimum Gasteiger partial charge on any atom is -0.507 e. The van der Waals surface area contributed by atoms with E-state index in [2.05, 4.69) is 26.5 Å². The van der Waals surface area contributed by atoms with E-state index < -0.39 is 0 Å². The van der Waals surface area contributed by atoms with E-state index in [1.165, 1.54) is 0 Å². The molecule has 2 N–H and O–H groups in total. The van der Waals surface area contributed by atoms with Gasteiger partial charge in [0.1, 0.15) is 23.1 Å². The maximum absolute atomic E-state index is 11.7. The highest BCUT2D eigenvalue weighted by Crippen LogP contribution is 2.33. The van der Waals surface area contributed by atoms with Crippen molar-refractivity contribution in [1.29, 1.82) is 5.26 Å². The van der Waals surface area contributed by atoms with E-state index in [4.69, 9.17) is 4.74 Å². The van der Waals surface area contributed by atoms with Crippen LogP contribution in [0.15, 0.2) is 18.2 Å². The van der Waals surface area contributed by atoms with Crippen LogP contribution in [0.25, 0.3) is 11.3 Å². The summed E-state index contributed by atoms with van der Waals surface area (Å²) in [6.07, 6.45) is 3.13. The van der Waals surface area contributed by atoms with Crippen molar-refractivity contribution < 1.29 is 14.6 Å². The Morgan fingerprint density at radius 1 is 1.38 bits per heavy atom. The Morgan fingerprint density at radius 2 is 2.19 bits per heavy atom. The van der Waals surface area contributed by atoms with Gasteiger partial charge >= 0.3 is 5.97 Å². The molecule has 1 aromatic carbocycles. The molecule has 1 saturated heterocycles. The van der Waals surface area contributed by atoms with Crippen molar-refractivity contribution in [1.82, 2.24) is 15.1 Å². The van der Waals surface area contributed by atoms with Crippen LogP contribution < -0.4 is 5.32 Å². The molecule has 1 aromatic heterocycles. The van der Waals surface area contributed by atoms with Crippen molar-refractivity contribution in [3.63, 3.8) is 0 Å². The molecule has 0 spiro atoms. The summed E-state index contributed by atoms with van der Waals surface area (Å²) in [4.78, 5) is 13.9. The van der Waals surface area contributed by atoms with Gasteiger partial charge in [0.25, 0.3) is 0 Å². The summed E-state index contributed by atoms with van der Waals surface area (Å²) < 4.78 is 5.01. The highest BCUT2D eigenvalue weighted by atomic mass is 16.5. The van der Waals surface area contributed by atoms with Crippen LogP contribution in [0.5, 0.6) is 5.75 Å². The maximum Gasteiger partial charge on any atom is 0.307 e. The topological polar surface area (TPSA) is 111 Å². The lowest BCUT2D eigenvalue weighted by atomic mass is 10.00. The Kier molecular flexibility index (Phi) is 8.01. The highest BCUT2D eigenvalue weighted by molar-refractivity contribution is 5.74. The molecule has 1 fully saturated rings. The number of hydrogen-bond acceptors (Lipinski definition) is 8. The number of rotatable bonds is 8. The molecule has 170 valence electrons. The summed E-state index contributed by atoms with van der Waals surface area (Å²) in [6.45, 7) is 8.39. The van der Waals surface area contributed by atoms with E-state index in [1.807, 2.05) is 26.0 Å². The lowest BCUT2D eigenvalue weighted by molar-refractivity contribution is -0.143. The quantitative estimate of drug-likeness (QED) is 0.604. The average Bonchev–Trinajstić information content (AvgIpc) is 2.79. The number of aromatic nitrogens is 2. The van der Waals surface area contributed by atoms with Gasteiger partial charge in [0.2, 0.25) is 0 Å². The number of nitrogens with zero attached hydrogens (tertiary/aromatic N) is 4. The summed E-state index contributed by atoms with van der Waals surface area (Å²) in [5.41, 5.74) is 3.21. The number of phenolic OH excluding ortho intramolecular Hbond substituents is 1. The smallest absolute Gasteiger partial charge is 0.307 e. The Morgan fingerprint density at radius 3 is 2.88 bits per heavy atom.